The lowest BCUT2D eigenvalue weighted by Crippen LogP contribution is -2.50. The van der Waals surface area contributed by atoms with E-state index in [9.17, 15) is 4.79 Å². The van der Waals surface area contributed by atoms with Gasteiger partial charge in [-0.25, -0.2) is 0 Å². The van der Waals surface area contributed by atoms with Crippen molar-refractivity contribution in [2.75, 3.05) is 33.3 Å². The molecule has 9 heteroatoms. The Labute approximate surface area is 178 Å². The van der Waals surface area contributed by atoms with Crippen LogP contribution < -0.4 is 4.74 Å². The molecule has 158 valence electrons. The number of carbonyl (C=O) groups is 1. The van der Waals surface area contributed by atoms with Gasteiger partial charge >= 0.3 is 0 Å². The number of piperazine rings is 1. The molecule has 1 unspecified atom stereocenters. The van der Waals surface area contributed by atoms with Gasteiger partial charge in [0.05, 0.1) is 11.7 Å². The molecule has 9 nitrogen and oxygen atoms in total. The van der Waals surface area contributed by atoms with Crippen molar-refractivity contribution in [1.29, 1.82) is 0 Å². The molecule has 0 N–H and O–H groups in total. The molecule has 1 aliphatic heterocycles. The maximum atomic E-state index is 12.9. The zero-order chi connectivity index (χ0) is 21.2. The van der Waals surface area contributed by atoms with E-state index in [1.807, 2.05) is 61.6 Å². The van der Waals surface area contributed by atoms with E-state index in [1.54, 1.807) is 15.8 Å². The molecule has 0 bridgehead atoms. The van der Waals surface area contributed by atoms with E-state index in [4.69, 9.17) is 9.26 Å². The molecule has 0 spiro atoms. The summed E-state index contributed by atoms with van der Waals surface area (Å²) in [6.07, 6.45) is 1.76. The van der Waals surface area contributed by atoms with Crippen molar-refractivity contribution in [2.24, 2.45) is 0 Å². The second kappa shape index (κ2) is 8.19. The number of aromatic nitrogens is 4. The van der Waals surface area contributed by atoms with E-state index in [2.05, 4.69) is 20.1 Å². The number of carbonyl (C=O) groups excluding carboxylic acids is 1. The van der Waals surface area contributed by atoms with Gasteiger partial charge in [0.2, 0.25) is 0 Å². The third-order valence-electron chi connectivity index (χ3n) is 5.39. The van der Waals surface area contributed by atoms with Crippen LogP contribution in [0.4, 0.5) is 0 Å². The number of ether oxygens (including phenoxy) is 1. The number of amides is 1. The van der Waals surface area contributed by atoms with Crippen LogP contribution in [0.25, 0.3) is 16.9 Å². The van der Waals surface area contributed by atoms with Crippen LogP contribution in [0.2, 0.25) is 0 Å². The van der Waals surface area contributed by atoms with Crippen LogP contribution in [0, 0.1) is 0 Å². The zero-order valence-corrected chi connectivity index (χ0v) is 17.1. The number of hydrogen-bond donors (Lipinski definition) is 0. The topological polar surface area (TPSA) is 89.5 Å². The molecule has 1 fully saturated rings. The molecule has 31 heavy (non-hydrogen) atoms. The van der Waals surface area contributed by atoms with Gasteiger partial charge in [0.15, 0.2) is 6.61 Å². The first-order chi connectivity index (χ1) is 15.2. The molecule has 1 aliphatic rings. The van der Waals surface area contributed by atoms with Crippen LogP contribution in [0.1, 0.15) is 11.9 Å². The smallest absolute Gasteiger partial charge is 0.291 e. The minimum absolute atomic E-state index is 0.0466. The average Bonchev–Trinajstić information content (AvgIpc) is 3.45. The largest absolute Gasteiger partial charge is 0.484 e. The van der Waals surface area contributed by atoms with Crippen molar-refractivity contribution in [3.05, 3.63) is 66.7 Å². The second-order valence-electron chi connectivity index (χ2n) is 7.51. The van der Waals surface area contributed by atoms with Crippen molar-refractivity contribution in [3.8, 4) is 11.7 Å². The second-order valence-corrected chi connectivity index (χ2v) is 7.51. The Morgan fingerprint density at radius 2 is 1.94 bits per heavy atom. The highest BCUT2D eigenvalue weighted by atomic mass is 16.5. The summed E-state index contributed by atoms with van der Waals surface area (Å²) >= 11 is 0. The quantitative estimate of drug-likeness (QED) is 0.491. The predicted molar refractivity (Wildman–Crippen MR) is 113 cm³/mol. The highest BCUT2D eigenvalue weighted by Crippen LogP contribution is 2.25. The summed E-state index contributed by atoms with van der Waals surface area (Å²) in [7, 11) is 2.01. The van der Waals surface area contributed by atoms with E-state index in [0.717, 1.165) is 17.4 Å². The summed E-state index contributed by atoms with van der Waals surface area (Å²) in [6, 6.07) is 16.8. The van der Waals surface area contributed by atoms with Gasteiger partial charge in [-0.3, -0.25) is 4.79 Å². The fourth-order valence-corrected chi connectivity index (χ4v) is 3.75. The van der Waals surface area contributed by atoms with Crippen molar-refractivity contribution >= 4 is 16.8 Å². The van der Waals surface area contributed by atoms with E-state index < -0.39 is 0 Å². The molecule has 3 heterocycles. The maximum absolute atomic E-state index is 12.9. The van der Waals surface area contributed by atoms with Crippen molar-refractivity contribution in [3.63, 3.8) is 0 Å². The number of benzene rings is 2. The first-order valence-electron chi connectivity index (χ1n) is 10.1. The van der Waals surface area contributed by atoms with Gasteiger partial charge in [0.25, 0.3) is 17.7 Å². The molecule has 1 amide bonds. The Hall–Kier alpha value is -3.72. The van der Waals surface area contributed by atoms with E-state index in [0.29, 0.717) is 30.7 Å². The third-order valence-corrected chi connectivity index (χ3v) is 5.39. The van der Waals surface area contributed by atoms with Crippen molar-refractivity contribution in [1.82, 2.24) is 29.7 Å². The molecule has 2 aromatic carbocycles. The van der Waals surface area contributed by atoms with Crippen LogP contribution >= 0.6 is 0 Å². The lowest BCUT2D eigenvalue weighted by Gasteiger charge is -2.37. The van der Waals surface area contributed by atoms with Crippen LogP contribution in [-0.4, -0.2) is 68.9 Å². The maximum Gasteiger partial charge on any atom is 0.291 e. The molecule has 0 saturated carbocycles. The lowest BCUT2D eigenvalue weighted by molar-refractivity contribution is -0.139. The highest BCUT2D eigenvalue weighted by Gasteiger charge is 2.34. The number of para-hydroxylation sites is 2. The predicted octanol–water partition coefficient (Wildman–Crippen LogP) is 2.30. The number of rotatable bonds is 5. The minimum Gasteiger partial charge on any atom is -0.484 e. The molecule has 0 radical (unpaired) electrons. The molecule has 2 aromatic heterocycles. The number of fused-ring (bicyclic) bond motifs is 1. The van der Waals surface area contributed by atoms with Crippen LogP contribution in [0.15, 0.2) is 65.3 Å². The van der Waals surface area contributed by atoms with Gasteiger partial charge in [0, 0.05) is 25.0 Å². The fourth-order valence-electron chi connectivity index (χ4n) is 3.75. The first-order valence-corrected chi connectivity index (χ1v) is 10.1. The normalized spacial score (nSPS) is 17.2. The standard InChI is InChI=1S/C22H22N6O3/c1-26-11-12-27(20(29)15-30-17-8-3-2-4-9-17)19(14-26)21-24-22(25-31-21)28-18-10-6-5-7-16(18)13-23-28/h2-10,13,19H,11-12,14-15H2,1H3. The van der Waals surface area contributed by atoms with Crippen molar-refractivity contribution < 1.29 is 14.1 Å². The number of likely N-dealkylation sites (N-methyl/N-ethyl adjacent to an activating group) is 1. The zero-order valence-electron chi connectivity index (χ0n) is 17.1. The molecular formula is C22H22N6O3. The van der Waals surface area contributed by atoms with E-state index >= 15 is 0 Å². The molecular weight excluding hydrogens is 396 g/mol. The van der Waals surface area contributed by atoms with Gasteiger partial charge in [-0.15, -0.1) is 0 Å². The Morgan fingerprint density at radius 3 is 2.81 bits per heavy atom. The van der Waals surface area contributed by atoms with Crippen molar-refractivity contribution in [2.45, 2.75) is 6.04 Å². The molecule has 1 atom stereocenters. The SMILES string of the molecule is CN1CCN(C(=O)COc2ccccc2)C(c2nc(-n3ncc4ccccc43)no2)C1. The molecule has 5 rings (SSSR count). The lowest BCUT2D eigenvalue weighted by atomic mass is 10.1. The summed E-state index contributed by atoms with van der Waals surface area (Å²) in [4.78, 5) is 21.4. The average molecular weight is 418 g/mol. The van der Waals surface area contributed by atoms with Gasteiger partial charge < -0.3 is 19.1 Å². The van der Waals surface area contributed by atoms with Crippen LogP contribution in [0.5, 0.6) is 5.75 Å². The van der Waals surface area contributed by atoms with Gasteiger partial charge in [-0.05, 0) is 30.4 Å². The Kier molecular flexibility index (Phi) is 5.09. The van der Waals surface area contributed by atoms with E-state index in [1.165, 1.54) is 0 Å². The Bertz CT molecular complexity index is 1190. The van der Waals surface area contributed by atoms with Gasteiger partial charge in [-0.1, -0.05) is 36.4 Å². The molecule has 0 aliphatic carbocycles. The fraction of sp³-hybridized carbons (Fsp3) is 0.273. The van der Waals surface area contributed by atoms with Gasteiger partial charge in [-0.2, -0.15) is 14.8 Å². The third kappa shape index (κ3) is 3.87. The van der Waals surface area contributed by atoms with E-state index in [-0.39, 0.29) is 18.6 Å². The van der Waals surface area contributed by atoms with Crippen LogP contribution in [0.3, 0.4) is 0 Å². The molecule has 4 aromatic rings. The van der Waals surface area contributed by atoms with Crippen LogP contribution in [-0.2, 0) is 4.79 Å². The summed E-state index contributed by atoms with van der Waals surface area (Å²) in [5.41, 5.74) is 0.889. The monoisotopic (exact) mass is 418 g/mol. The summed E-state index contributed by atoms with van der Waals surface area (Å²) in [5, 5.41) is 9.49. The Morgan fingerprint density at radius 1 is 1.13 bits per heavy atom. The number of nitrogens with zero attached hydrogens (tertiary/aromatic N) is 6. The van der Waals surface area contributed by atoms with Gasteiger partial charge in [0.1, 0.15) is 11.8 Å². The summed E-state index contributed by atoms with van der Waals surface area (Å²) in [6.45, 7) is 1.87. The summed E-state index contributed by atoms with van der Waals surface area (Å²) < 4.78 is 12.9. The molecule has 1 saturated heterocycles. The summed E-state index contributed by atoms with van der Waals surface area (Å²) in [5.74, 6) is 1.27. The Balaban J connectivity index is 1.37. The minimum atomic E-state index is -0.353. The number of hydrogen-bond acceptors (Lipinski definition) is 7. The highest BCUT2D eigenvalue weighted by molar-refractivity contribution is 5.79. The first kappa shape index (κ1) is 19.3.